The zero-order valence-electron chi connectivity index (χ0n) is 8.75. The zero-order chi connectivity index (χ0) is 11.8. The maximum atomic E-state index is 11.8. The van der Waals surface area contributed by atoms with Crippen molar-refractivity contribution < 1.29 is 18.3 Å². The summed E-state index contributed by atoms with van der Waals surface area (Å²) >= 11 is 0. The predicted molar refractivity (Wildman–Crippen MR) is 54.4 cm³/mol. The molecule has 0 aliphatic carbocycles. The van der Waals surface area contributed by atoms with Crippen LogP contribution in [0, 0.1) is 0 Å². The van der Waals surface area contributed by atoms with Gasteiger partial charge in [0.2, 0.25) is 15.9 Å². The van der Waals surface area contributed by atoms with E-state index < -0.39 is 33.3 Å². The van der Waals surface area contributed by atoms with E-state index >= 15 is 0 Å². The summed E-state index contributed by atoms with van der Waals surface area (Å²) in [7, 11) is -3.53. The summed E-state index contributed by atoms with van der Waals surface area (Å²) in [5.41, 5.74) is 5.09. The van der Waals surface area contributed by atoms with Crippen LogP contribution in [0.15, 0.2) is 0 Å². The molecule has 0 aromatic rings. The topological polar surface area (TPSA) is 101 Å². The number of sulfonamides is 1. The highest BCUT2D eigenvalue weighted by atomic mass is 32.2. The summed E-state index contributed by atoms with van der Waals surface area (Å²) in [4.78, 5) is 11.0. The van der Waals surface area contributed by atoms with Crippen molar-refractivity contribution in [3.8, 4) is 0 Å². The zero-order valence-corrected chi connectivity index (χ0v) is 9.57. The molecule has 3 N–H and O–H groups in total. The highest BCUT2D eigenvalue weighted by molar-refractivity contribution is 7.89. The summed E-state index contributed by atoms with van der Waals surface area (Å²) in [5.74, 6) is -0.712. The van der Waals surface area contributed by atoms with E-state index in [4.69, 9.17) is 5.73 Å². The van der Waals surface area contributed by atoms with Crippen molar-refractivity contribution in [3.05, 3.63) is 0 Å². The van der Waals surface area contributed by atoms with Crippen LogP contribution in [0.1, 0.15) is 20.3 Å². The van der Waals surface area contributed by atoms with Crippen molar-refractivity contribution in [3.63, 3.8) is 0 Å². The Kier molecular flexibility index (Phi) is 3.37. The van der Waals surface area contributed by atoms with Crippen molar-refractivity contribution in [1.82, 2.24) is 4.31 Å². The SMILES string of the molecule is CC(C)S(=O)(=O)N1CC(O)CC1C(N)=O. The summed E-state index contributed by atoms with van der Waals surface area (Å²) in [6, 6.07) is -0.910. The maximum absolute atomic E-state index is 11.8. The number of carbonyl (C=O) groups excluding carboxylic acids is 1. The number of β-amino-alcohol motifs (C(OH)–C–C–N with tert-alkyl or cyclic N) is 1. The van der Waals surface area contributed by atoms with Crippen LogP contribution in [0.3, 0.4) is 0 Å². The Hall–Kier alpha value is -0.660. The Labute approximate surface area is 89.1 Å². The predicted octanol–water partition coefficient (Wildman–Crippen LogP) is -1.35. The number of aliphatic hydroxyl groups is 1. The van der Waals surface area contributed by atoms with E-state index in [1.165, 1.54) is 13.8 Å². The van der Waals surface area contributed by atoms with Gasteiger partial charge in [-0.1, -0.05) is 0 Å². The van der Waals surface area contributed by atoms with Crippen LogP contribution < -0.4 is 5.73 Å². The molecule has 6 nitrogen and oxygen atoms in total. The highest BCUT2D eigenvalue weighted by Crippen LogP contribution is 2.23. The quantitative estimate of drug-likeness (QED) is 0.632. The number of hydrogen-bond acceptors (Lipinski definition) is 4. The second-order valence-corrected chi connectivity index (χ2v) is 6.41. The minimum Gasteiger partial charge on any atom is -0.392 e. The number of nitrogens with zero attached hydrogens (tertiary/aromatic N) is 1. The molecule has 1 saturated heterocycles. The normalized spacial score (nSPS) is 28.5. The molecule has 2 unspecified atom stereocenters. The second-order valence-electron chi connectivity index (χ2n) is 3.97. The Morgan fingerprint density at radius 2 is 2.07 bits per heavy atom. The Morgan fingerprint density at radius 3 is 2.47 bits per heavy atom. The van der Waals surface area contributed by atoms with Crippen LogP contribution in [0.2, 0.25) is 0 Å². The first kappa shape index (κ1) is 12.4. The Balaban J connectivity index is 2.99. The molecule has 0 bridgehead atoms. The molecule has 7 heteroatoms. The lowest BCUT2D eigenvalue weighted by molar-refractivity contribution is -0.121. The van der Waals surface area contributed by atoms with Crippen molar-refractivity contribution >= 4 is 15.9 Å². The molecule has 0 saturated carbocycles. The van der Waals surface area contributed by atoms with Crippen LogP contribution in [-0.2, 0) is 14.8 Å². The van der Waals surface area contributed by atoms with E-state index in [-0.39, 0.29) is 13.0 Å². The molecule has 0 aromatic carbocycles. The largest absolute Gasteiger partial charge is 0.392 e. The van der Waals surface area contributed by atoms with Gasteiger partial charge in [0, 0.05) is 13.0 Å². The third kappa shape index (κ3) is 2.30. The molecule has 1 rings (SSSR count). The van der Waals surface area contributed by atoms with Gasteiger partial charge in [-0.25, -0.2) is 8.42 Å². The van der Waals surface area contributed by atoms with Gasteiger partial charge in [0.05, 0.1) is 11.4 Å². The van der Waals surface area contributed by atoms with Crippen LogP contribution in [-0.4, -0.2) is 47.7 Å². The van der Waals surface area contributed by atoms with Gasteiger partial charge in [0.25, 0.3) is 0 Å². The summed E-state index contributed by atoms with van der Waals surface area (Å²) in [6.07, 6.45) is -0.725. The number of aliphatic hydroxyl groups excluding tert-OH is 1. The first-order chi connectivity index (χ1) is 6.76. The average Bonchev–Trinajstić information content (AvgIpc) is 2.47. The second kappa shape index (κ2) is 4.07. The van der Waals surface area contributed by atoms with Crippen molar-refractivity contribution in [1.29, 1.82) is 0 Å². The average molecular weight is 236 g/mol. The van der Waals surface area contributed by atoms with Gasteiger partial charge in [0.1, 0.15) is 6.04 Å². The monoisotopic (exact) mass is 236 g/mol. The molecule has 0 radical (unpaired) electrons. The van der Waals surface area contributed by atoms with Gasteiger partial charge in [-0.05, 0) is 13.8 Å². The van der Waals surface area contributed by atoms with Crippen LogP contribution >= 0.6 is 0 Å². The lowest BCUT2D eigenvalue weighted by Gasteiger charge is -2.23. The number of rotatable bonds is 3. The lowest BCUT2D eigenvalue weighted by atomic mass is 10.2. The molecule has 2 atom stereocenters. The summed E-state index contributed by atoms with van der Waals surface area (Å²) < 4.78 is 24.6. The molecular formula is C8H16N2O4S. The first-order valence-corrected chi connectivity index (χ1v) is 6.25. The van der Waals surface area contributed by atoms with E-state index in [0.29, 0.717) is 0 Å². The van der Waals surface area contributed by atoms with E-state index in [9.17, 15) is 18.3 Å². The first-order valence-electron chi connectivity index (χ1n) is 4.75. The smallest absolute Gasteiger partial charge is 0.235 e. The third-order valence-electron chi connectivity index (χ3n) is 2.48. The van der Waals surface area contributed by atoms with E-state index in [0.717, 1.165) is 4.31 Å². The summed E-state index contributed by atoms with van der Waals surface area (Å²) in [6.45, 7) is 3.00. The Bertz CT molecular complexity index is 352. The van der Waals surface area contributed by atoms with Crippen LogP contribution in [0.25, 0.3) is 0 Å². The van der Waals surface area contributed by atoms with Gasteiger partial charge < -0.3 is 10.8 Å². The van der Waals surface area contributed by atoms with E-state index in [1.807, 2.05) is 0 Å². The lowest BCUT2D eigenvalue weighted by Crippen LogP contribution is -2.46. The molecular weight excluding hydrogens is 220 g/mol. The number of primary amides is 1. The molecule has 88 valence electrons. The third-order valence-corrected chi connectivity index (χ3v) is 4.73. The highest BCUT2D eigenvalue weighted by Gasteiger charge is 2.42. The van der Waals surface area contributed by atoms with Gasteiger partial charge in [0.15, 0.2) is 0 Å². The fourth-order valence-electron chi connectivity index (χ4n) is 1.59. The standard InChI is InChI=1S/C8H16N2O4S/c1-5(2)15(13,14)10-4-6(11)3-7(10)8(9)12/h5-7,11H,3-4H2,1-2H3,(H2,9,12). The minimum atomic E-state index is -3.53. The van der Waals surface area contributed by atoms with Gasteiger partial charge in [-0.15, -0.1) is 0 Å². The number of carbonyl (C=O) groups is 1. The van der Waals surface area contributed by atoms with E-state index in [1.54, 1.807) is 0 Å². The molecule has 15 heavy (non-hydrogen) atoms. The number of amides is 1. The number of hydrogen-bond donors (Lipinski definition) is 2. The fraction of sp³-hybridized carbons (Fsp3) is 0.875. The van der Waals surface area contributed by atoms with E-state index in [2.05, 4.69) is 0 Å². The molecule has 0 aromatic heterocycles. The van der Waals surface area contributed by atoms with Crippen LogP contribution in [0.5, 0.6) is 0 Å². The van der Waals surface area contributed by atoms with Gasteiger partial charge >= 0.3 is 0 Å². The molecule has 1 amide bonds. The molecule has 0 spiro atoms. The maximum Gasteiger partial charge on any atom is 0.235 e. The summed E-state index contributed by atoms with van der Waals surface area (Å²) in [5, 5.41) is 8.73. The molecule has 1 fully saturated rings. The van der Waals surface area contributed by atoms with Crippen molar-refractivity contribution in [2.24, 2.45) is 5.73 Å². The Morgan fingerprint density at radius 1 is 1.53 bits per heavy atom. The number of nitrogens with two attached hydrogens (primary N) is 1. The minimum absolute atomic E-state index is 0.0475. The van der Waals surface area contributed by atoms with Gasteiger partial charge in [-0.2, -0.15) is 4.31 Å². The molecule has 1 heterocycles. The van der Waals surface area contributed by atoms with Crippen LogP contribution in [0.4, 0.5) is 0 Å². The van der Waals surface area contributed by atoms with Gasteiger partial charge in [-0.3, -0.25) is 4.79 Å². The fourth-order valence-corrected chi connectivity index (χ4v) is 3.06. The molecule has 1 aliphatic rings. The van der Waals surface area contributed by atoms with Crippen molar-refractivity contribution in [2.75, 3.05) is 6.54 Å². The van der Waals surface area contributed by atoms with Crippen molar-refractivity contribution in [2.45, 2.75) is 37.7 Å². The molecule has 1 aliphatic heterocycles.